The van der Waals surface area contributed by atoms with Gasteiger partial charge in [-0.05, 0) is 48.5 Å². The second-order valence-electron chi connectivity index (χ2n) is 10.3. The normalized spacial score (nSPS) is 11.1. The third-order valence-electron chi connectivity index (χ3n) is 7.76. The average molecular weight is 577 g/mol. The van der Waals surface area contributed by atoms with Crippen molar-refractivity contribution >= 4 is 55.0 Å². The van der Waals surface area contributed by atoms with Gasteiger partial charge in [-0.15, -0.1) is 0 Å². The zero-order valence-corrected chi connectivity index (χ0v) is 23.3. The first-order chi connectivity index (χ1) is 21.5. The van der Waals surface area contributed by atoms with Crippen molar-refractivity contribution in [3.63, 3.8) is 0 Å². The Morgan fingerprint density at radius 3 is 1.11 bits per heavy atom. The summed E-state index contributed by atoms with van der Waals surface area (Å²) in [7, 11) is 0. The molecule has 0 saturated carbocycles. The van der Waals surface area contributed by atoms with Crippen molar-refractivity contribution in [1.82, 2.24) is 9.13 Å². The number of nitro benzene ring substituents is 2. The maximum Gasteiger partial charge on any atom is 0.270 e. The third kappa shape index (κ3) is 4.51. The van der Waals surface area contributed by atoms with E-state index in [1.807, 2.05) is 34.9 Å². The molecule has 0 bridgehead atoms. The van der Waals surface area contributed by atoms with Gasteiger partial charge in [0, 0.05) is 57.2 Å². The number of hydrogen-bond donors (Lipinski definition) is 0. The fourth-order valence-corrected chi connectivity index (χ4v) is 5.86. The monoisotopic (exact) mass is 576 g/mol. The highest BCUT2D eigenvalue weighted by Gasteiger charge is 2.18. The Morgan fingerprint density at radius 1 is 0.386 bits per heavy atom. The molecule has 44 heavy (non-hydrogen) atoms. The highest BCUT2D eigenvalue weighted by molar-refractivity contribution is 6.11. The maximum absolute atomic E-state index is 11.1. The number of non-ortho nitro benzene ring substituents is 2. The van der Waals surface area contributed by atoms with Gasteiger partial charge < -0.3 is 9.13 Å². The molecule has 8 heteroatoms. The van der Waals surface area contributed by atoms with Gasteiger partial charge in [0.2, 0.25) is 0 Å². The zero-order valence-electron chi connectivity index (χ0n) is 23.3. The van der Waals surface area contributed by atoms with Crippen LogP contribution >= 0.6 is 0 Å². The molecule has 0 aliphatic heterocycles. The van der Waals surface area contributed by atoms with E-state index in [2.05, 4.69) is 83.4 Å². The van der Waals surface area contributed by atoms with Crippen LogP contribution in [0, 0.1) is 20.2 Å². The highest BCUT2D eigenvalue weighted by atomic mass is 16.6. The molecule has 0 amide bonds. The van der Waals surface area contributed by atoms with Gasteiger partial charge in [-0.3, -0.25) is 20.2 Å². The third-order valence-corrected chi connectivity index (χ3v) is 7.76. The summed E-state index contributed by atoms with van der Waals surface area (Å²) in [6.07, 6.45) is 0. The predicted molar refractivity (Wildman–Crippen MR) is 175 cm³/mol. The van der Waals surface area contributed by atoms with Crippen LogP contribution in [-0.4, -0.2) is 19.0 Å². The van der Waals surface area contributed by atoms with E-state index in [0.717, 1.165) is 16.7 Å². The molecule has 2 heterocycles. The zero-order chi connectivity index (χ0) is 30.2. The van der Waals surface area contributed by atoms with E-state index in [4.69, 9.17) is 0 Å². The number of hydrogen-bond acceptors (Lipinski definition) is 4. The van der Waals surface area contributed by atoms with Crippen LogP contribution in [-0.2, 0) is 0 Å². The van der Waals surface area contributed by atoms with Gasteiger partial charge in [0.1, 0.15) is 0 Å². The van der Waals surface area contributed by atoms with Crippen molar-refractivity contribution in [1.29, 1.82) is 0 Å². The molecule has 8 rings (SSSR count). The summed E-state index contributed by atoms with van der Waals surface area (Å²) in [5.41, 5.74) is 6.02. The van der Waals surface area contributed by atoms with Crippen LogP contribution in [0.2, 0.25) is 0 Å². The van der Waals surface area contributed by atoms with E-state index in [9.17, 15) is 20.2 Å². The summed E-state index contributed by atoms with van der Waals surface area (Å²) in [4.78, 5) is 21.3. The van der Waals surface area contributed by atoms with Crippen LogP contribution in [0.3, 0.4) is 0 Å². The van der Waals surface area contributed by atoms with E-state index in [1.54, 1.807) is 12.1 Å². The van der Waals surface area contributed by atoms with Crippen LogP contribution in [0.5, 0.6) is 0 Å². The molecule has 0 N–H and O–H groups in total. The Hall–Kier alpha value is -6.28. The van der Waals surface area contributed by atoms with E-state index >= 15 is 0 Å². The standard InChI is InChI=1S/C18H11N3O4.C18H13N/c22-20(23)13-6-8-17-15(10-13)16-11-14(21(24)25)7-9-18(16)19(17)12-4-2-1-3-5-12;1-2-8-14(9-3-1)19-17-12-6-4-10-15(17)16-11-5-7-13-18(16)19/h1-11H;1-13H. The molecule has 0 spiro atoms. The van der Waals surface area contributed by atoms with Gasteiger partial charge >= 0.3 is 0 Å². The number of para-hydroxylation sites is 4. The largest absolute Gasteiger partial charge is 0.309 e. The van der Waals surface area contributed by atoms with Gasteiger partial charge in [-0.1, -0.05) is 72.8 Å². The summed E-state index contributed by atoms with van der Waals surface area (Å²) >= 11 is 0. The second kappa shape index (κ2) is 10.8. The first-order valence-corrected chi connectivity index (χ1v) is 14.0. The van der Waals surface area contributed by atoms with Gasteiger partial charge in [0.05, 0.1) is 31.9 Å². The van der Waals surface area contributed by atoms with Gasteiger partial charge in [-0.2, -0.15) is 0 Å². The molecule has 2 aromatic heterocycles. The van der Waals surface area contributed by atoms with Crippen molar-refractivity contribution in [2.45, 2.75) is 0 Å². The lowest BCUT2D eigenvalue weighted by Crippen LogP contribution is -1.94. The minimum absolute atomic E-state index is 0.0499. The number of benzene rings is 6. The molecule has 0 radical (unpaired) electrons. The van der Waals surface area contributed by atoms with Crippen LogP contribution in [0.4, 0.5) is 11.4 Å². The first-order valence-electron chi connectivity index (χ1n) is 14.0. The summed E-state index contributed by atoms with van der Waals surface area (Å²) < 4.78 is 4.27. The van der Waals surface area contributed by atoms with Crippen LogP contribution < -0.4 is 0 Å². The van der Waals surface area contributed by atoms with Gasteiger partial charge in [-0.25, -0.2) is 0 Å². The molecule has 212 valence electrons. The van der Waals surface area contributed by atoms with Crippen molar-refractivity contribution in [3.8, 4) is 11.4 Å². The van der Waals surface area contributed by atoms with Gasteiger partial charge in [0.15, 0.2) is 0 Å². The topological polar surface area (TPSA) is 96.1 Å². The molecular formula is C36H24N4O4. The Bertz CT molecular complexity index is 2220. The van der Waals surface area contributed by atoms with Crippen molar-refractivity contribution in [2.75, 3.05) is 0 Å². The summed E-state index contributed by atoms with van der Waals surface area (Å²) in [6, 6.07) is 46.3. The van der Waals surface area contributed by atoms with Gasteiger partial charge in [0.25, 0.3) is 11.4 Å². The quantitative estimate of drug-likeness (QED) is 0.154. The van der Waals surface area contributed by atoms with E-state index in [0.29, 0.717) is 10.8 Å². The highest BCUT2D eigenvalue weighted by Crippen LogP contribution is 2.36. The molecule has 0 fully saturated rings. The number of fused-ring (bicyclic) bond motifs is 6. The number of nitrogens with zero attached hydrogens (tertiary/aromatic N) is 4. The van der Waals surface area contributed by atoms with E-state index in [-0.39, 0.29) is 11.4 Å². The molecule has 0 saturated heterocycles. The second-order valence-corrected chi connectivity index (χ2v) is 10.3. The molecule has 0 aliphatic rings. The fourth-order valence-electron chi connectivity index (χ4n) is 5.86. The van der Waals surface area contributed by atoms with Crippen molar-refractivity contribution in [3.05, 3.63) is 166 Å². The van der Waals surface area contributed by atoms with E-state index < -0.39 is 9.85 Å². The summed E-state index contributed by atoms with van der Waals surface area (Å²) in [5.74, 6) is 0. The van der Waals surface area contributed by atoms with Crippen molar-refractivity contribution in [2.24, 2.45) is 0 Å². The summed E-state index contributed by atoms with van der Waals surface area (Å²) in [5, 5.41) is 26.1. The molecule has 8 aromatic rings. The number of aromatic nitrogens is 2. The SMILES string of the molecule is O=[N+]([O-])c1ccc2c(c1)c1cc([N+](=O)[O-])ccc1n2-c1ccccc1.c1ccc(-n2c3ccccc3c3ccccc32)cc1. The lowest BCUT2D eigenvalue weighted by molar-refractivity contribution is -0.385. The van der Waals surface area contributed by atoms with Crippen LogP contribution in [0.15, 0.2) is 146 Å². The van der Waals surface area contributed by atoms with Crippen LogP contribution in [0.1, 0.15) is 0 Å². The fraction of sp³-hybridized carbons (Fsp3) is 0. The maximum atomic E-state index is 11.1. The Balaban J connectivity index is 0.000000147. The predicted octanol–water partition coefficient (Wildman–Crippen LogP) is 9.38. The minimum atomic E-state index is -0.470. The molecule has 0 aliphatic carbocycles. The first kappa shape index (κ1) is 26.6. The molecule has 0 atom stereocenters. The molecule has 8 nitrogen and oxygen atoms in total. The van der Waals surface area contributed by atoms with Crippen molar-refractivity contribution < 1.29 is 9.85 Å². The number of nitro groups is 2. The molecular weight excluding hydrogens is 552 g/mol. The average Bonchev–Trinajstić information content (AvgIpc) is 3.58. The Morgan fingerprint density at radius 2 is 0.727 bits per heavy atom. The lowest BCUT2D eigenvalue weighted by atomic mass is 10.1. The summed E-state index contributed by atoms with van der Waals surface area (Å²) in [6.45, 7) is 0. The smallest absolute Gasteiger partial charge is 0.270 e. The molecule has 6 aromatic carbocycles. The van der Waals surface area contributed by atoms with Crippen LogP contribution in [0.25, 0.3) is 55.0 Å². The molecule has 0 unspecified atom stereocenters. The minimum Gasteiger partial charge on any atom is -0.309 e. The Labute approximate surface area is 250 Å². The van der Waals surface area contributed by atoms with E-state index in [1.165, 1.54) is 51.8 Å². The number of rotatable bonds is 4. The lowest BCUT2D eigenvalue weighted by Gasteiger charge is -2.07. The Kier molecular flexibility index (Phi) is 6.56.